The highest BCUT2D eigenvalue weighted by molar-refractivity contribution is 6.16. The highest BCUT2D eigenvalue weighted by Crippen LogP contribution is 2.16. The summed E-state index contributed by atoms with van der Waals surface area (Å²) in [6.07, 6.45) is 11.0. The van der Waals surface area contributed by atoms with Crippen molar-refractivity contribution < 1.29 is 9.53 Å². The van der Waals surface area contributed by atoms with Gasteiger partial charge in [-0.1, -0.05) is 77.0 Å². The maximum Gasteiger partial charge on any atom is 0.343 e. The van der Waals surface area contributed by atoms with Gasteiger partial charge in [0.1, 0.15) is 0 Å². The standard InChI is InChI=1S/C22H32N2O2/c1-3-5-6-7-8-9-10-14-17-23-19(4-2)20-22(25)26-21(24-20)18-15-12-11-13-16-18/h11-13,15-16,20H,3-10,14,17H2,1-2H3. The first-order chi connectivity index (χ1) is 12.8. The van der Waals surface area contributed by atoms with Gasteiger partial charge < -0.3 is 4.74 Å². The van der Waals surface area contributed by atoms with Gasteiger partial charge in [0.15, 0.2) is 6.04 Å². The van der Waals surface area contributed by atoms with Crippen molar-refractivity contribution in [3.05, 3.63) is 35.9 Å². The van der Waals surface area contributed by atoms with Crippen molar-refractivity contribution in [1.82, 2.24) is 0 Å². The minimum Gasteiger partial charge on any atom is -0.405 e. The molecular formula is C22H32N2O2. The summed E-state index contributed by atoms with van der Waals surface area (Å²) in [5.41, 5.74) is 1.67. The summed E-state index contributed by atoms with van der Waals surface area (Å²) in [5, 5.41) is 0. The first-order valence-electron chi connectivity index (χ1n) is 10.1. The van der Waals surface area contributed by atoms with E-state index < -0.39 is 6.04 Å². The molecule has 0 saturated carbocycles. The summed E-state index contributed by atoms with van der Waals surface area (Å²) in [6, 6.07) is 8.99. The topological polar surface area (TPSA) is 51.0 Å². The van der Waals surface area contributed by atoms with Crippen LogP contribution in [-0.4, -0.2) is 30.2 Å². The Labute approximate surface area is 157 Å². The first-order valence-corrected chi connectivity index (χ1v) is 10.1. The number of hydrogen-bond acceptors (Lipinski definition) is 4. The summed E-state index contributed by atoms with van der Waals surface area (Å²) in [5.74, 6) is 0.106. The SMILES string of the molecule is CCCCCCCCCCN=C(CC)C1N=C(c2ccccc2)OC1=O. The predicted octanol–water partition coefficient (Wildman–Crippen LogP) is 5.35. The molecule has 0 saturated heterocycles. The molecule has 142 valence electrons. The fraction of sp³-hybridized carbons (Fsp3) is 0.591. The Morgan fingerprint density at radius 2 is 1.65 bits per heavy atom. The lowest BCUT2D eigenvalue weighted by Crippen LogP contribution is -2.25. The van der Waals surface area contributed by atoms with Gasteiger partial charge in [-0.05, 0) is 25.0 Å². The fourth-order valence-electron chi connectivity index (χ4n) is 3.13. The monoisotopic (exact) mass is 356 g/mol. The number of ether oxygens (including phenoxy) is 1. The molecule has 1 aliphatic heterocycles. The lowest BCUT2D eigenvalue weighted by atomic mass is 10.1. The van der Waals surface area contributed by atoms with Gasteiger partial charge in [0, 0.05) is 17.8 Å². The number of carbonyl (C=O) groups is 1. The molecule has 0 bridgehead atoms. The molecule has 1 aromatic carbocycles. The van der Waals surface area contributed by atoms with Crippen LogP contribution in [-0.2, 0) is 9.53 Å². The Kier molecular flexibility index (Phi) is 9.08. The second-order valence-electron chi connectivity index (χ2n) is 6.83. The van der Waals surface area contributed by atoms with Crippen molar-refractivity contribution in [3.63, 3.8) is 0 Å². The number of cyclic esters (lactones) is 1. The van der Waals surface area contributed by atoms with E-state index in [-0.39, 0.29) is 5.97 Å². The largest absolute Gasteiger partial charge is 0.405 e. The average molecular weight is 357 g/mol. The van der Waals surface area contributed by atoms with Gasteiger partial charge in [-0.3, -0.25) is 4.99 Å². The number of benzene rings is 1. The number of hydrogen-bond donors (Lipinski definition) is 0. The van der Waals surface area contributed by atoms with Crippen LogP contribution in [0.15, 0.2) is 40.3 Å². The highest BCUT2D eigenvalue weighted by Gasteiger charge is 2.32. The van der Waals surface area contributed by atoms with Crippen LogP contribution in [0.5, 0.6) is 0 Å². The summed E-state index contributed by atoms with van der Waals surface area (Å²) >= 11 is 0. The van der Waals surface area contributed by atoms with Crippen molar-refractivity contribution in [1.29, 1.82) is 0 Å². The fourth-order valence-corrected chi connectivity index (χ4v) is 3.13. The van der Waals surface area contributed by atoms with Crippen LogP contribution >= 0.6 is 0 Å². The number of rotatable bonds is 12. The Bertz CT molecular complexity index is 608. The number of aliphatic imine (C=N–C) groups is 2. The maximum atomic E-state index is 12.2. The molecule has 0 aliphatic carbocycles. The molecule has 1 aliphatic rings. The molecule has 1 heterocycles. The zero-order chi connectivity index (χ0) is 18.6. The van der Waals surface area contributed by atoms with E-state index in [4.69, 9.17) is 4.74 Å². The van der Waals surface area contributed by atoms with E-state index in [0.29, 0.717) is 5.90 Å². The third-order valence-corrected chi connectivity index (χ3v) is 4.69. The summed E-state index contributed by atoms with van der Waals surface area (Å²) in [7, 11) is 0. The van der Waals surface area contributed by atoms with Crippen LogP contribution in [0, 0.1) is 0 Å². The van der Waals surface area contributed by atoms with Crippen molar-refractivity contribution in [2.45, 2.75) is 77.7 Å². The minimum absolute atomic E-state index is 0.305. The number of carbonyl (C=O) groups excluding carboxylic acids is 1. The van der Waals surface area contributed by atoms with Crippen LogP contribution < -0.4 is 0 Å². The van der Waals surface area contributed by atoms with Crippen LogP contribution in [0.1, 0.15) is 77.2 Å². The minimum atomic E-state index is -0.566. The van der Waals surface area contributed by atoms with Gasteiger partial charge in [-0.25, -0.2) is 9.79 Å². The Hall–Kier alpha value is -1.97. The van der Waals surface area contributed by atoms with Crippen LogP contribution in [0.2, 0.25) is 0 Å². The van der Waals surface area contributed by atoms with Gasteiger partial charge in [0.2, 0.25) is 5.90 Å². The van der Waals surface area contributed by atoms with E-state index in [1.165, 1.54) is 44.9 Å². The Morgan fingerprint density at radius 1 is 1.00 bits per heavy atom. The number of esters is 1. The second kappa shape index (κ2) is 11.6. The van der Waals surface area contributed by atoms with Gasteiger partial charge in [-0.2, -0.15) is 0 Å². The molecule has 1 aromatic rings. The van der Waals surface area contributed by atoms with E-state index in [0.717, 1.165) is 30.7 Å². The molecular weight excluding hydrogens is 324 g/mol. The summed E-state index contributed by atoms with van der Waals surface area (Å²) in [6.45, 7) is 5.05. The highest BCUT2D eigenvalue weighted by atomic mass is 16.6. The zero-order valence-electron chi connectivity index (χ0n) is 16.2. The molecule has 26 heavy (non-hydrogen) atoms. The van der Waals surface area contributed by atoms with E-state index in [9.17, 15) is 4.79 Å². The third-order valence-electron chi connectivity index (χ3n) is 4.69. The molecule has 0 N–H and O–H groups in total. The van der Waals surface area contributed by atoms with Crippen LogP contribution in [0.25, 0.3) is 0 Å². The lowest BCUT2D eigenvalue weighted by molar-refractivity contribution is -0.133. The Balaban J connectivity index is 1.79. The van der Waals surface area contributed by atoms with Crippen molar-refractivity contribution in [2.24, 2.45) is 9.98 Å². The normalized spacial score (nSPS) is 17.3. The van der Waals surface area contributed by atoms with Crippen LogP contribution in [0.4, 0.5) is 0 Å². The van der Waals surface area contributed by atoms with E-state index in [2.05, 4.69) is 16.9 Å². The average Bonchev–Trinajstić information content (AvgIpc) is 3.06. The molecule has 4 heteroatoms. The quantitative estimate of drug-likeness (QED) is 0.288. The molecule has 0 aromatic heterocycles. The molecule has 2 rings (SSSR count). The molecule has 0 radical (unpaired) electrons. The zero-order valence-corrected chi connectivity index (χ0v) is 16.2. The Morgan fingerprint density at radius 3 is 2.31 bits per heavy atom. The summed E-state index contributed by atoms with van der Waals surface area (Å²) < 4.78 is 5.36. The molecule has 1 unspecified atom stereocenters. The lowest BCUT2D eigenvalue weighted by Gasteiger charge is -2.06. The summed E-state index contributed by atoms with van der Waals surface area (Å²) in [4.78, 5) is 21.3. The third kappa shape index (κ3) is 6.40. The maximum absolute atomic E-state index is 12.2. The van der Waals surface area contributed by atoms with Crippen molar-refractivity contribution in [2.75, 3.05) is 6.54 Å². The van der Waals surface area contributed by atoms with Gasteiger partial charge in [-0.15, -0.1) is 0 Å². The van der Waals surface area contributed by atoms with Crippen LogP contribution in [0.3, 0.4) is 0 Å². The molecule has 1 atom stereocenters. The number of unbranched alkanes of at least 4 members (excludes halogenated alkanes) is 7. The number of nitrogens with zero attached hydrogens (tertiary/aromatic N) is 2. The predicted molar refractivity (Wildman–Crippen MR) is 108 cm³/mol. The second-order valence-corrected chi connectivity index (χ2v) is 6.83. The van der Waals surface area contributed by atoms with E-state index >= 15 is 0 Å². The first kappa shape index (κ1) is 20.3. The van der Waals surface area contributed by atoms with Crippen molar-refractivity contribution in [3.8, 4) is 0 Å². The van der Waals surface area contributed by atoms with E-state index in [1.54, 1.807) is 0 Å². The molecule has 0 amide bonds. The van der Waals surface area contributed by atoms with Gasteiger partial charge >= 0.3 is 5.97 Å². The molecule has 0 spiro atoms. The smallest absolute Gasteiger partial charge is 0.343 e. The molecule has 0 fully saturated rings. The van der Waals surface area contributed by atoms with Gasteiger partial charge in [0.05, 0.1) is 0 Å². The van der Waals surface area contributed by atoms with Crippen molar-refractivity contribution >= 4 is 17.6 Å². The molecule has 4 nitrogen and oxygen atoms in total. The van der Waals surface area contributed by atoms with Gasteiger partial charge in [0.25, 0.3) is 0 Å². The van der Waals surface area contributed by atoms with E-state index in [1.807, 2.05) is 37.3 Å².